The first-order chi connectivity index (χ1) is 21.4. The van der Waals surface area contributed by atoms with E-state index in [1.54, 1.807) is 25.3 Å². The number of ether oxygens (including phenoxy) is 1. The molecule has 0 spiro atoms. The van der Waals surface area contributed by atoms with Gasteiger partial charge in [0.05, 0.1) is 18.0 Å². The van der Waals surface area contributed by atoms with E-state index in [1.807, 2.05) is 36.4 Å². The lowest BCUT2D eigenvalue weighted by atomic mass is 9.93. The molecule has 6 nitrogen and oxygen atoms in total. The van der Waals surface area contributed by atoms with Crippen molar-refractivity contribution in [3.63, 3.8) is 0 Å². The van der Waals surface area contributed by atoms with Gasteiger partial charge in [0.1, 0.15) is 11.6 Å². The van der Waals surface area contributed by atoms with E-state index < -0.39 is 0 Å². The molecule has 44 heavy (non-hydrogen) atoms. The van der Waals surface area contributed by atoms with E-state index in [2.05, 4.69) is 51.4 Å². The molecule has 0 unspecified atom stereocenters. The van der Waals surface area contributed by atoms with Crippen LogP contribution in [0.2, 0.25) is 5.02 Å². The van der Waals surface area contributed by atoms with Crippen LogP contribution in [-0.4, -0.2) is 69.9 Å². The molecule has 1 saturated heterocycles. The van der Waals surface area contributed by atoms with E-state index in [1.165, 1.54) is 6.07 Å². The van der Waals surface area contributed by atoms with Crippen molar-refractivity contribution >= 4 is 36.4 Å². The van der Waals surface area contributed by atoms with Crippen molar-refractivity contribution in [2.24, 2.45) is 15.9 Å². The third kappa shape index (κ3) is 9.36. The molecule has 0 aromatic heterocycles. The van der Waals surface area contributed by atoms with Gasteiger partial charge in [0, 0.05) is 49.8 Å². The highest BCUT2D eigenvalue weighted by atomic mass is 35.5. The van der Waals surface area contributed by atoms with Gasteiger partial charge in [0.15, 0.2) is 0 Å². The third-order valence-electron chi connectivity index (χ3n) is 8.13. The summed E-state index contributed by atoms with van der Waals surface area (Å²) in [4.78, 5) is 13.5. The van der Waals surface area contributed by atoms with Crippen molar-refractivity contribution in [2.75, 3.05) is 51.3 Å². The summed E-state index contributed by atoms with van der Waals surface area (Å²) in [5.41, 5.74) is 5.39. The highest BCUT2D eigenvalue weighted by Crippen LogP contribution is 2.32. The number of phenolic OH excluding ortho intramolecular Hbond substituents is 1. The fourth-order valence-corrected chi connectivity index (χ4v) is 5.75. The van der Waals surface area contributed by atoms with E-state index in [9.17, 15) is 9.50 Å². The number of piperidine rings is 1. The zero-order valence-corrected chi connectivity index (χ0v) is 26.2. The van der Waals surface area contributed by atoms with Crippen LogP contribution in [0.3, 0.4) is 0 Å². The van der Waals surface area contributed by atoms with Gasteiger partial charge in [-0.25, -0.2) is 4.39 Å². The Bertz CT molecular complexity index is 1470. The van der Waals surface area contributed by atoms with E-state index >= 15 is 0 Å². The minimum absolute atomic E-state index is 0.292. The highest BCUT2D eigenvalue weighted by molar-refractivity contribution is 6.30. The molecular formula is C36H42ClFN4O2. The first-order valence-electron chi connectivity index (χ1n) is 15.0. The lowest BCUT2D eigenvalue weighted by Crippen LogP contribution is -2.41. The van der Waals surface area contributed by atoms with Crippen LogP contribution in [0.1, 0.15) is 29.5 Å². The molecule has 1 N–H and O–H groups in total. The number of rotatable bonds is 15. The van der Waals surface area contributed by atoms with Gasteiger partial charge in [-0.15, -0.1) is 0 Å². The summed E-state index contributed by atoms with van der Waals surface area (Å²) >= 11 is 5.85. The molecule has 4 rings (SSSR count). The number of halogens is 2. The Morgan fingerprint density at radius 3 is 2.59 bits per heavy atom. The fourth-order valence-electron chi connectivity index (χ4n) is 5.59. The molecule has 0 aliphatic carbocycles. The van der Waals surface area contributed by atoms with E-state index in [4.69, 9.17) is 16.3 Å². The number of hydrogen-bond acceptors (Lipinski definition) is 6. The van der Waals surface area contributed by atoms with Crippen molar-refractivity contribution in [1.82, 2.24) is 4.90 Å². The molecule has 0 amide bonds. The number of anilines is 1. The number of benzene rings is 3. The summed E-state index contributed by atoms with van der Waals surface area (Å²) in [6.07, 6.45) is 8.99. The number of methoxy groups -OCH3 is 1. The van der Waals surface area contributed by atoms with Crippen LogP contribution in [0.25, 0.3) is 0 Å². The number of para-hydroxylation sites is 1. The zero-order chi connectivity index (χ0) is 31.3. The van der Waals surface area contributed by atoms with E-state index in [0.29, 0.717) is 41.7 Å². The standard InChI is InChI=1S/C36H42ClFN4O2/c1-39-33(10-6-4-8-28-13-14-31(37)26-32(28)38)29-16-18-41(19-17-29)20-21-42(22-23-44-3)35-15-12-27(25-34(35)40-2)24-30-9-5-7-11-36(30)43/h4-7,9-15,25-26,29,43H,1-2,8,16-24H2,3H3/b6-4-,33-10-. The summed E-state index contributed by atoms with van der Waals surface area (Å²) in [7, 11) is 1.72. The minimum atomic E-state index is -0.292. The Labute approximate surface area is 265 Å². The molecule has 0 saturated carbocycles. The Balaban J connectivity index is 1.33. The molecule has 0 radical (unpaired) electrons. The lowest BCUT2D eigenvalue weighted by Gasteiger charge is -2.34. The maximum Gasteiger partial charge on any atom is 0.128 e. The van der Waals surface area contributed by atoms with E-state index in [-0.39, 0.29) is 5.82 Å². The molecule has 3 aromatic carbocycles. The van der Waals surface area contributed by atoms with Crippen LogP contribution in [-0.2, 0) is 17.6 Å². The summed E-state index contributed by atoms with van der Waals surface area (Å²) in [5, 5.41) is 10.6. The Morgan fingerprint density at radius 1 is 1.09 bits per heavy atom. The van der Waals surface area contributed by atoms with Crippen molar-refractivity contribution in [3.8, 4) is 5.75 Å². The molecule has 232 valence electrons. The van der Waals surface area contributed by atoms with Gasteiger partial charge in [0.25, 0.3) is 0 Å². The monoisotopic (exact) mass is 616 g/mol. The summed E-state index contributed by atoms with van der Waals surface area (Å²) in [6.45, 7) is 12.7. The predicted octanol–water partition coefficient (Wildman–Crippen LogP) is 7.66. The second kappa shape index (κ2) is 16.9. The minimum Gasteiger partial charge on any atom is -0.508 e. The fraction of sp³-hybridized carbons (Fsp3) is 0.333. The Hall–Kier alpha value is -3.78. The van der Waals surface area contributed by atoms with Gasteiger partial charge in [-0.2, -0.15) is 0 Å². The molecule has 1 heterocycles. The number of likely N-dealkylation sites (tertiary alicyclic amines) is 1. The van der Waals surface area contributed by atoms with Gasteiger partial charge >= 0.3 is 0 Å². The van der Waals surface area contributed by atoms with Gasteiger partial charge in [-0.1, -0.05) is 54.1 Å². The number of nitrogens with zero attached hydrogens (tertiary/aromatic N) is 4. The van der Waals surface area contributed by atoms with Gasteiger partial charge in [0.2, 0.25) is 0 Å². The van der Waals surface area contributed by atoms with Crippen molar-refractivity contribution in [2.45, 2.75) is 25.7 Å². The quantitative estimate of drug-likeness (QED) is 0.141. The number of hydrogen-bond donors (Lipinski definition) is 1. The topological polar surface area (TPSA) is 60.7 Å². The third-order valence-corrected chi connectivity index (χ3v) is 8.37. The Morgan fingerprint density at radius 2 is 1.89 bits per heavy atom. The van der Waals surface area contributed by atoms with Crippen LogP contribution >= 0.6 is 11.6 Å². The molecule has 1 fully saturated rings. The second-order valence-corrected chi connectivity index (χ2v) is 11.4. The molecule has 3 aromatic rings. The Kier molecular flexibility index (Phi) is 12.7. The average Bonchev–Trinajstić information content (AvgIpc) is 3.03. The van der Waals surface area contributed by atoms with Crippen LogP contribution in [0, 0.1) is 11.7 Å². The van der Waals surface area contributed by atoms with Gasteiger partial charge < -0.3 is 19.6 Å². The summed E-state index contributed by atoms with van der Waals surface area (Å²) in [5.74, 6) is 0.349. The SMILES string of the molecule is C=N/C(=C\C=C/Cc1ccc(Cl)cc1F)C1CCN(CCN(CCOC)c2ccc(Cc3ccccc3O)cc2N=C)CC1. The lowest BCUT2D eigenvalue weighted by molar-refractivity contribution is 0.192. The van der Waals surface area contributed by atoms with Crippen LogP contribution in [0.5, 0.6) is 5.75 Å². The molecule has 1 aliphatic heterocycles. The maximum atomic E-state index is 14.0. The van der Waals surface area contributed by atoms with Crippen molar-refractivity contribution < 1.29 is 14.2 Å². The smallest absolute Gasteiger partial charge is 0.128 e. The molecule has 0 atom stereocenters. The molecule has 1 aliphatic rings. The number of aromatic hydroxyl groups is 1. The second-order valence-electron chi connectivity index (χ2n) is 11.0. The van der Waals surface area contributed by atoms with Crippen LogP contribution < -0.4 is 4.90 Å². The first-order valence-corrected chi connectivity index (χ1v) is 15.4. The van der Waals surface area contributed by atoms with Gasteiger partial charge in [-0.3, -0.25) is 9.98 Å². The predicted molar refractivity (Wildman–Crippen MR) is 182 cm³/mol. The first kappa shape index (κ1) is 33.1. The number of aliphatic imine (C=N–C) groups is 2. The molecule has 0 bridgehead atoms. The van der Waals surface area contributed by atoms with Gasteiger partial charge in [-0.05, 0) is 98.9 Å². The van der Waals surface area contributed by atoms with Crippen LogP contribution in [0.15, 0.2) is 94.6 Å². The number of phenols is 1. The maximum absolute atomic E-state index is 14.0. The number of allylic oxidation sites excluding steroid dienone is 4. The van der Waals surface area contributed by atoms with E-state index in [0.717, 1.165) is 73.8 Å². The summed E-state index contributed by atoms with van der Waals surface area (Å²) in [6, 6.07) is 18.4. The molecule has 8 heteroatoms. The van der Waals surface area contributed by atoms with Crippen LogP contribution in [0.4, 0.5) is 15.8 Å². The van der Waals surface area contributed by atoms with Crippen molar-refractivity contribution in [1.29, 1.82) is 0 Å². The summed E-state index contributed by atoms with van der Waals surface area (Å²) < 4.78 is 19.5. The highest BCUT2D eigenvalue weighted by Gasteiger charge is 2.22. The average molecular weight is 617 g/mol. The largest absolute Gasteiger partial charge is 0.508 e. The molecular weight excluding hydrogens is 575 g/mol. The normalized spacial score (nSPS) is 14.7. The van der Waals surface area contributed by atoms with Crippen molar-refractivity contribution in [3.05, 3.63) is 112 Å². The zero-order valence-electron chi connectivity index (χ0n) is 25.5.